The molecule has 0 aliphatic heterocycles. The van der Waals surface area contributed by atoms with E-state index in [4.69, 9.17) is 27.9 Å². The first kappa shape index (κ1) is 19.3. The molecular formula is C20H19Cl2N3O2. The molecule has 0 bridgehead atoms. The summed E-state index contributed by atoms with van der Waals surface area (Å²) in [5.74, 6) is 0.426. The summed E-state index contributed by atoms with van der Waals surface area (Å²) in [6.45, 7) is 2.96. The van der Waals surface area contributed by atoms with Gasteiger partial charge in [-0.05, 0) is 36.8 Å². The summed E-state index contributed by atoms with van der Waals surface area (Å²) in [7, 11) is 0. The predicted molar refractivity (Wildman–Crippen MR) is 107 cm³/mol. The first-order valence-electron chi connectivity index (χ1n) is 8.48. The molecule has 0 spiro atoms. The van der Waals surface area contributed by atoms with Crippen molar-refractivity contribution in [3.8, 4) is 5.75 Å². The Kier molecular flexibility index (Phi) is 6.37. The number of hydrogen-bond donors (Lipinski definition) is 1. The molecule has 1 N–H and O–H groups in total. The van der Waals surface area contributed by atoms with Crippen molar-refractivity contribution in [3.63, 3.8) is 0 Å². The lowest BCUT2D eigenvalue weighted by Crippen LogP contribution is -2.28. The van der Waals surface area contributed by atoms with Crippen molar-refractivity contribution >= 4 is 29.1 Å². The molecule has 1 amide bonds. The number of benzene rings is 2. The highest BCUT2D eigenvalue weighted by Gasteiger charge is 2.20. The molecule has 7 heteroatoms. The zero-order chi connectivity index (χ0) is 19.2. The molecule has 3 rings (SSSR count). The minimum atomic E-state index is -0.267. The number of aromatic nitrogens is 2. The van der Waals surface area contributed by atoms with Crippen LogP contribution in [0.1, 0.15) is 21.6 Å². The predicted octanol–water partition coefficient (Wildman–Crippen LogP) is 4.36. The Labute approximate surface area is 167 Å². The maximum absolute atomic E-state index is 12.5. The van der Waals surface area contributed by atoms with Crippen LogP contribution in [0.2, 0.25) is 10.2 Å². The summed E-state index contributed by atoms with van der Waals surface area (Å²) >= 11 is 12.2. The number of amides is 1. The monoisotopic (exact) mass is 403 g/mol. The lowest BCUT2D eigenvalue weighted by Gasteiger charge is -2.08. The second-order valence-corrected chi connectivity index (χ2v) is 6.75. The maximum Gasteiger partial charge on any atom is 0.256 e. The van der Waals surface area contributed by atoms with Gasteiger partial charge >= 0.3 is 0 Å². The zero-order valence-corrected chi connectivity index (χ0v) is 16.3. The molecule has 2 aromatic carbocycles. The van der Waals surface area contributed by atoms with Gasteiger partial charge in [0, 0.05) is 5.02 Å². The van der Waals surface area contributed by atoms with E-state index >= 15 is 0 Å². The van der Waals surface area contributed by atoms with Crippen LogP contribution < -0.4 is 10.1 Å². The van der Waals surface area contributed by atoms with Crippen LogP contribution in [0, 0.1) is 6.92 Å². The topological polar surface area (TPSA) is 56.2 Å². The molecule has 0 aliphatic rings. The number of halogens is 2. The van der Waals surface area contributed by atoms with Crippen LogP contribution in [-0.4, -0.2) is 28.8 Å². The molecule has 27 heavy (non-hydrogen) atoms. The smallest absolute Gasteiger partial charge is 0.256 e. The lowest BCUT2D eigenvalue weighted by atomic mass is 10.2. The molecule has 0 radical (unpaired) electrons. The van der Waals surface area contributed by atoms with Crippen molar-refractivity contribution in [2.24, 2.45) is 0 Å². The van der Waals surface area contributed by atoms with E-state index in [1.54, 1.807) is 35.9 Å². The maximum atomic E-state index is 12.5. The number of nitrogens with zero attached hydrogens (tertiary/aromatic N) is 2. The molecule has 3 aromatic rings. The summed E-state index contributed by atoms with van der Waals surface area (Å²) in [5.41, 5.74) is 2.04. The van der Waals surface area contributed by atoms with Gasteiger partial charge in [0.05, 0.1) is 24.3 Å². The van der Waals surface area contributed by atoms with Gasteiger partial charge in [0.25, 0.3) is 5.91 Å². The van der Waals surface area contributed by atoms with Gasteiger partial charge in [-0.25, -0.2) is 4.68 Å². The van der Waals surface area contributed by atoms with Crippen LogP contribution in [-0.2, 0) is 6.54 Å². The zero-order valence-electron chi connectivity index (χ0n) is 14.8. The van der Waals surface area contributed by atoms with Gasteiger partial charge in [0.15, 0.2) is 0 Å². The fraction of sp³-hybridized carbons (Fsp3) is 0.200. The van der Waals surface area contributed by atoms with Gasteiger partial charge in [-0.15, -0.1) is 0 Å². The highest BCUT2D eigenvalue weighted by Crippen LogP contribution is 2.21. The van der Waals surface area contributed by atoms with E-state index in [0.717, 1.165) is 5.56 Å². The molecule has 0 unspecified atom stereocenters. The Bertz CT molecular complexity index is 909. The van der Waals surface area contributed by atoms with E-state index in [0.29, 0.717) is 46.9 Å². The van der Waals surface area contributed by atoms with E-state index in [-0.39, 0.29) is 5.91 Å². The summed E-state index contributed by atoms with van der Waals surface area (Å²) in [4.78, 5) is 12.5. The number of hydrogen-bond acceptors (Lipinski definition) is 3. The lowest BCUT2D eigenvalue weighted by molar-refractivity contribution is 0.0946. The highest BCUT2D eigenvalue weighted by molar-refractivity contribution is 6.33. The molecule has 0 atom stereocenters. The molecule has 0 aliphatic carbocycles. The highest BCUT2D eigenvalue weighted by atomic mass is 35.5. The van der Waals surface area contributed by atoms with Gasteiger partial charge in [0.2, 0.25) is 0 Å². The molecular weight excluding hydrogens is 385 g/mol. The minimum Gasteiger partial charge on any atom is -0.492 e. The Balaban J connectivity index is 1.57. The SMILES string of the molecule is Cc1nn(Cc2ccccc2)c(Cl)c1C(=O)NCCOc1ccc(Cl)cc1. The van der Waals surface area contributed by atoms with Gasteiger partial charge in [-0.1, -0.05) is 53.5 Å². The normalized spacial score (nSPS) is 10.6. The number of ether oxygens (including phenoxy) is 1. The summed E-state index contributed by atoms with van der Waals surface area (Å²) in [6, 6.07) is 16.9. The van der Waals surface area contributed by atoms with Crippen molar-refractivity contribution in [1.29, 1.82) is 0 Å². The molecule has 5 nitrogen and oxygen atoms in total. The molecule has 140 valence electrons. The van der Waals surface area contributed by atoms with Gasteiger partial charge in [-0.3, -0.25) is 4.79 Å². The largest absolute Gasteiger partial charge is 0.492 e. The van der Waals surface area contributed by atoms with Crippen molar-refractivity contribution in [3.05, 3.63) is 81.6 Å². The van der Waals surface area contributed by atoms with E-state index in [1.165, 1.54) is 0 Å². The first-order chi connectivity index (χ1) is 13.0. The second kappa shape index (κ2) is 8.93. The van der Waals surface area contributed by atoms with E-state index in [1.807, 2.05) is 30.3 Å². The standard InChI is InChI=1S/C20H19Cl2N3O2/c1-14-18(19(22)25(24-14)13-15-5-3-2-4-6-15)20(26)23-11-12-27-17-9-7-16(21)8-10-17/h2-10H,11-13H2,1H3,(H,23,26). The Hall–Kier alpha value is -2.50. The van der Waals surface area contributed by atoms with Gasteiger partial charge in [0.1, 0.15) is 17.5 Å². The molecule has 0 saturated heterocycles. The van der Waals surface area contributed by atoms with Crippen molar-refractivity contribution < 1.29 is 9.53 Å². The van der Waals surface area contributed by atoms with Crippen LogP contribution in [0.5, 0.6) is 5.75 Å². The third-order valence-corrected chi connectivity index (χ3v) is 4.57. The molecule has 1 heterocycles. The number of rotatable bonds is 7. The van der Waals surface area contributed by atoms with Crippen LogP contribution in [0.4, 0.5) is 0 Å². The van der Waals surface area contributed by atoms with Crippen molar-refractivity contribution in [2.75, 3.05) is 13.2 Å². The number of nitrogens with one attached hydrogen (secondary N) is 1. The third kappa shape index (κ3) is 5.02. The number of aryl methyl sites for hydroxylation is 1. The fourth-order valence-electron chi connectivity index (χ4n) is 2.63. The Morgan fingerprint density at radius 1 is 1.11 bits per heavy atom. The van der Waals surface area contributed by atoms with E-state index < -0.39 is 0 Å². The number of carbonyl (C=O) groups excluding carboxylic acids is 1. The molecule has 1 aromatic heterocycles. The fourth-order valence-corrected chi connectivity index (χ4v) is 3.07. The van der Waals surface area contributed by atoms with Crippen molar-refractivity contribution in [2.45, 2.75) is 13.5 Å². The molecule has 0 fully saturated rings. The Morgan fingerprint density at radius 2 is 1.81 bits per heavy atom. The van der Waals surface area contributed by atoms with Gasteiger partial charge in [-0.2, -0.15) is 5.10 Å². The summed E-state index contributed by atoms with van der Waals surface area (Å²) in [6.07, 6.45) is 0. The van der Waals surface area contributed by atoms with Crippen molar-refractivity contribution in [1.82, 2.24) is 15.1 Å². The van der Waals surface area contributed by atoms with Gasteiger partial charge < -0.3 is 10.1 Å². The van der Waals surface area contributed by atoms with Crippen LogP contribution >= 0.6 is 23.2 Å². The van der Waals surface area contributed by atoms with E-state index in [9.17, 15) is 4.79 Å². The first-order valence-corrected chi connectivity index (χ1v) is 9.23. The average Bonchev–Trinajstić information content (AvgIpc) is 2.94. The Morgan fingerprint density at radius 3 is 2.52 bits per heavy atom. The molecule has 0 saturated carbocycles. The third-order valence-electron chi connectivity index (χ3n) is 3.94. The van der Waals surface area contributed by atoms with E-state index in [2.05, 4.69) is 10.4 Å². The van der Waals surface area contributed by atoms with Crippen LogP contribution in [0.3, 0.4) is 0 Å². The minimum absolute atomic E-state index is 0.267. The summed E-state index contributed by atoms with van der Waals surface area (Å²) in [5, 5.41) is 8.18. The number of carbonyl (C=O) groups is 1. The second-order valence-electron chi connectivity index (χ2n) is 5.95. The summed E-state index contributed by atoms with van der Waals surface area (Å²) < 4.78 is 7.20. The average molecular weight is 404 g/mol. The quantitative estimate of drug-likeness (QED) is 0.596. The van der Waals surface area contributed by atoms with Crippen LogP contribution in [0.25, 0.3) is 0 Å². The van der Waals surface area contributed by atoms with Crippen LogP contribution in [0.15, 0.2) is 54.6 Å².